The Labute approximate surface area is 188 Å². The van der Waals surface area contributed by atoms with Crippen LogP contribution in [0.5, 0.6) is 5.75 Å². The van der Waals surface area contributed by atoms with Gasteiger partial charge in [-0.15, -0.1) is 0 Å². The number of carboxylic acid groups (broad SMARTS) is 1. The lowest BCUT2D eigenvalue weighted by atomic mass is 9.85. The fourth-order valence-electron chi connectivity index (χ4n) is 4.75. The minimum absolute atomic E-state index is 0.122. The molecule has 1 aliphatic rings. The number of hydrogen-bond donors (Lipinski definition) is 2. The molecule has 2 aromatic carbocycles. The first-order chi connectivity index (χ1) is 15.4. The number of nitrogens with one attached hydrogen (secondary N) is 1. The van der Waals surface area contributed by atoms with Crippen LogP contribution in [-0.4, -0.2) is 34.4 Å². The normalized spacial score (nSPS) is 19.7. The summed E-state index contributed by atoms with van der Waals surface area (Å²) in [5, 5.41) is 12.8. The molecule has 0 bridgehead atoms. The Morgan fingerprint density at radius 3 is 2.62 bits per heavy atom. The van der Waals surface area contributed by atoms with Crippen molar-refractivity contribution < 1.29 is 14.6 Å². The molecule has 2 N–H and O–H groups in total. The SMILES string of the molecule is CC(C)N(c1ccccc1)C1(C)CC(CNc2cnccc2C(=O)O)c2ccccc2O1. The summed E-state index contributed by atoms with van der Waals surface area (Å²) in [5.41, 5.74) is 2.40. The van der Waals surface area contributed by atoms with Crippen molar-refractivity contribution in [3.8, 4) is 5.75 Å². The fraction of sp³-hybridized carbons (Fsp3) is 0.308. The highest BCUT2D eigenvalue weighted by Gasteiger charge is 2.43. The highest BCUT2D eigenvalue weighted by Crippen LogP contribution is 2.44. The van der Waals surface area contributed by atoms with Crippen molar-refractivity contribution in [1.82, 2.24) is 4.98 Å². The molecule has 0 saturated heterocycles. The van der Waals surface area contributed by atoms with Crippen LogP contribution < -0.4 is 15.0 Å². The predicted molar refractivity (Wildman–Crippen MR) is 127 cm³/mol. The van der Waals surface area contributed by atoms with Crippen molar-refractivity contribution in [2.75, 3.05) is 16.8 Å². The Kier molecular flexibility index (Phi) is 6.04. The van der Waals surface area contributed by atoms with Crippen LogP contribution in [0.1, 0.15) is 49.0 Å². The van der Waals surface area contributed by atoms with Crippen molar-refractivity contribution in [3.63, 3.8) is 0 Å². The van der Waals surface area contributed by atoms with Gasteiger partial charge in [0.2, 0.25) is 0 Å². The van der Waals surface area contributed by atoms with Crippen LogP contribution in [0.4, 0.5) is 11.4 Å². The van der Waals surface area contributed by atoms with Crippen LogP contribution in [0.15, 0.2) is 73.1 Å². The quantitative estimate of drug-likeness (QED) is 0.522. The number of aromatic nitrogens is 1. The molecule has 2 unspecified atom stereocenters. The van der Waals surface area contributed by atoms with Gasteiger partial charge in [0, 0.05) is 36.8 Å². The zero-order valence-electron chi connectivity index (χ0n) is 18.7. The van der Waals surface area contributed by atoms with Gasteiger partial charge in [-0.2, -0.15) is 0 Å². The summed E-state index contributed by atoms with van der Waals surface area (Å²) in [6.45, 7) is 7.05. The first kappa shape index (κ1) is 21.7. The van der Waals surface area contributed by atoms with Gasteiger partial charge in [-0.1, -0.05) is 36.4 Å². The molecule has 1 aliphatic heterocycles. The van der Waals surface area contributed by atoms with Crippen LogP contribution in [0.3, 0.4) is 0 Å². The topological polar surface area (TPSA) is 74.7 Å². The van der Waals surface area contributed by atoms with Gasteiger partial charge in [-0.05, 0) is 50.6 Å². The maximum atomic E-state index is 11.6. The molecule has 0 fully saturated rings. The van der Waals surface area contributed by atoms with E-state index in [2.05, 4.69) is 54.2 Å². The molecule has 0 radical (unpaired) electrons. The average molecular weight is 432 g/mol. The minimum atomic E-state index is -0.970. The molecule has 166 valence electrons. The number of fused-ring (bicyclic) bond motifs is 1. The zero-order chi connectivity index (χ0) is 22.7. The molecule has 0 spiro atoms. The lowest BCUT2D eigenvalue weighted by molar-refractivity contribution is 0.0450. The summed E-state index contributed by atoms with van der Waals surface area (Å²) in [6.07, 6.45) is 3.81. The van der Waals surface area contributed by atoms with E-state index in [0.29, 0.717) is 12.2 Å². The summed E-state index contributed by atoms with van der Waals surface area (Å²) in [4.78, 5) is 18.0. The molecule has 0 amide bonds. The van der Waals surface area contributed by atoms with Crippen LogP contribution in [0.25, 0.3) is 0 Å². The van der Waals surface area contributed by atoms with Gasteiger partial charge < -0.3 is 20.1 Å². The molecular formula is C26H29N3O3. The van der Waals surface area contributed by atoms with E-state index in [4.69, 9.17) is 4.74 Å². The summed E-state index contributed by atoms with van der Waals surface area (Å²) in [5.74, 6) is 0.0122. The molecule has 4 rings (SSSR count). The summed E-state index contributed by atoms with van der Waals surface area (Å²) in [7, 11) is 0. The Morgan fingerprint density at radius 1 is 1.19 bits per heavy atom. The van der Waals surface area contributed by atoms with Gasteiger partial charge in [0.25, 0.3) is 0 Å². The second-order valence-electron chi connectivity index (χ2n) is 8.62. The Morgan fingerprint density at radius 2 is 1.91 bits per heavy atom. The second-order valence-corrected chi connectivity index (χ2v) is 8.62. The van der Waals surface area contributed by atoms with Crippen molar-refractivity contribution in [3.05, 3.63) is 84.2 Å². The number of anilines is 2. The van der Waals surface area contributed by atoms with Crippen molar-refractivity contribution in [1.29, 1.82) is 0 Å². The summed E-state index contributed by atoms with van der Waals surface area (Å²) < 4.78 is 6.63. The van der Waals surface area contributed by atoms with E-state index >= 15 is 0 Å². The standard InChI is InChI=1S/C26H29N3O3/c1-18(2)29(20-9-5-4-6-10-20)26(3)15-19(21-11-7-8-12-24(21)32-26)16-28-23-17-27-14-13-22(23)25(30)31/h4-14,17-19,28H,15-16H2,1-3H3,(H,30,31). The van der Waals surface area contributed by atoms with Crippen molar-refractivity contribution in [2.45, 2.75) is 44.9 Å². The summed E-state index contributed by atoms with van der Waals surface area (Å²) >= 11 is 0. The number of carbonyl (C=O) groups is 1. The maximum absolute atomic E-state index is 11.6. The number of carboxylic acids is 1. The molecule has 2 atom stereocenters. The number of rotatable bonds is 7. The van der Waals surface area contributed by atoms with Crippen LogP contribution >= 0.6 is 0 Å². The lowest BCUT2D eigenvalue weighted by Crippen LogP contribution is -2.57. The number of aromatic carboxylic acids is 1. The van der Waals surface area contributed by atoms with E-state index in [9.17, 15) is 9.90 Å². The highest BCUT2D eigenvalue weighted by atomic mass is 16.5. The monoisotopic (exact) mass is 431 g/mol. The molecular weight excluding hydrogens is 402 g/mol. The Hall–Kier alpha value is -3.54. The van der Waals surface area contributed by atoms with Crippen LogP contribution in [-0.2, 0) is 0 Å². The van der Waals surface area contributed by atoms with Gasteiger partial charge in [0.15, 0.2) is 5.72 Å². The average Bonchev–Trinajstić information content (AvgIpc) is 2.78. The lowest BCUT2D eigenvalue weighted by Gasteiger charge is -2.49. The number of para-hydroxylation sites is 2. The first-order valence-electron chi connectivity index (χ1n) is 10.9. The first-order valence-corrected chi connectivity index (χ1v) is 10.9. The largest absolute Gasteiger partial charge is 0.478 e. The van der Waals surface area contributed by atoms with Gasteiger partial charge >= 0.3 is 5.97 Å². The molecule has 32 heavy (non-hydrogen) atoms. The van der Waals surface area contributed by atoms with Crippen molar-refractivity contribution >= 4 is 17.3 Å². The number of pyridine rings is 1. The number of benzene rings is 2. The van der Waals surface area contributed by atoms with E-state index in [1.54, 1.807) is 6.20 Å². The van der Waals surface area contributed by atoms with Crippen LogP contribution in [0, 0.1) is 0 Å². The smallest absolute Gasteiger partial charge is 0.337 e. The van der Waals surface area contributed by atoms with E-state index in [0.717, 1.165) is 23.4 Å². The third-order valence-electron chi connectivity index (χ3n) is 5.96. The molecule has 6 nitrogen and oxygen atoms in total. The highest BCUT2D eigenvalue weighted by molar-refractivity contribution is 5.93. The van der Waals surface area contributed by atoms with E-state index in [1.807, 2.05) is 36.4 Å². The van der Waals surface area contributed by atoms with E-state index in [-0.39, 0.29) is 17.5 Å². The van der Waals surface area contributed by atoms with Gasteiger partial charge in [0.1, 0.15) is 5.75 Å². The Bertz CT molecular complexity index is 1090. The Balaban J connectivity index is 1.67. The third-order valence-corrected chi connectivity index (χ3v) is 5.96. The third kappa shape index (κ3) is 4.26. The maximum Gasteiger partial charge on any atom is 0.337 e. The van der Waals surface area contributed by atoms with Gasteiger partial charge in [-0.3, -0.25) is 4.98 Å². The summed E-state index contributed by atoms with van der Waals surface area (Å²) in [6, 6.07) is 20.2. The molecule has 2 heterocycles. The minimum Gasteiger partial charge on any atom is -0.478 e. The van der Waals surface area contributed by atoms with Gasteiger partial charge in [-0.25, -0.2) is 4.79 Å². The molecule has 3 aromatic rings. The number of nitrogens with zero attached hydrogens (tertiary/aromatic N) is 2. The zero-order valence-corrected chi connectivity index (χ0v) is 18.7. The number of hydrogen-bond acceptors (Lipinski definition) is 5. The fourth-order valence-corrected chi connectivity index (χ4v) is 4.75. The number of ether oxygens (including phenoxy) is 1. The molecule has 0 aliphatic carbocycles. The van der Waals surface area contributed by atoms with Gasteiger partial charge in [0.05, 0.1) is 17.4 Å². The predicted octanol–water partition coefficient (Wildman–Crippen LogP) is 5.39. The molecule has 0 saturated carbocycles. The van der Waals surface area contributed by atoms with Crippen molar-refractivity contribution in [2.24, 2.45) is 0 Å². The second kappa shape index (κ2) is 8.91. The van der Waals surface area contributed by atoms with E-state index in [1.165, 1.54) is 12.3 Å². The van der Waals surface area contributed by atoms with E-state index < -0.39 is 11.7 Å². The molecule has 6 heteroatoms. The molecule has 1 aromatic heterocycles. The van der Waals surface area contributed by atoms with Crippen LogP contribution in [0.2, 0.25) is 0 Å².